The third kappa shape index (κ3) is 3.16. The zero-order valence-electron chi connectivity index (χ0n) is 9.00. The second-order valence-electron chi connectivity index (χ2n) is 3.60. The lowest BCUT2D eigenvalue weighted by atomic mass is 10.1. The Kier molecular flexibility index (Phi) is 3.55. The molecule has 0 spiro atoms. The van der Waals surface area contributed by atoms with Crippen LogP contribution in [0.15, 0.2) is 12.1 Å². The molecule has 4 nitrogen and oxygen atoms in total. The van der Waals surface area contributed by atoms with Crippen LogP contribution in [0, 0.1) is 13.8 Å². The van der Waals surface area contributed by atoms with Crippen molar-refractivity contribution in [3.63, 3.8) is 0 Å². The SMILES string of the molecule is Cc1cc(N)cc(C)c1NCCC(=O)O. The van der Waals surface area contributed by atoms with Crippen LogP contribution in [-0.4, -0.2) is 17.6 Å². The van der Waals surface area contributed by atoms with E-state index in [0.717, 1.165) is 22.5 Å². The van der Waals surface area contributed by atoms with E-state index >= 15 is 0 Å². The predicted octanol–water partition coefficient (Wildman–Crippen LogP) is 1.77. The van der Waals surface area contributed by atoms with Gasteiger partial charge >= 0.3 is 5.97 Å². The highest BCUT2D eigenvalue weighted by molar-refractivity contribution is 5.68. The van der Waals surface area contributed by atoms with Gasteiger partial charge in [-0.15, -0.1) is 0 Å². The van der Waals surface area contributed by atoms with E-state index in [-0.39, 0.29) is 6.42 Å². The summed E-state index contributed by atoms with van der Waals surface area (Å²) in [4.78, 5) is 10.4. The Balaban J connectivity index is 2.72. The lowest BCUT2D eigenvalue weighted by molar-refractivity contribution is -0.136. The minimum atomic E-state index is -0.798. The van der Waals surface area contributed by atoms with Crippen LogP contribution in [0.4, 0.5) is 11.4 Å². The first-order valence-corrected chi connectivity index (χ1v) is 4.83. The number of carbonyl (C=O) groups is 1. The molecular weight excluding hydrogens is 192 g/mol. The summed E-state index contributed by atoms with van der Waals surface area (Å²) in [6.45, 7) is 4.33. The number of aliphatic carboxylic acids is 1. The van der Waals surface area contributed by atoms with Crippen LogP contribution >= 0.6 is 0 Å². The number of rotatable bonds is 4. The van der Waals surface area contributed by atoms with E-state index in [2.05, 4.69) is 5.32 Å². The van der Waals surface area contributed by atoms with Gasteiger partial charge in [-0.1, -0.05) is 0 Å². The zero-order valence-corrected chi connectivity index (χ0v) is 9.00. The lowest BCUT2D eigenvalue weighted by Gasteiger charge is -2.12. The molecule has 1 aromatic carbocycles. The first-order valence-electron chi connectivity index (χ1n) is 4.83. The van der Waals surface area contributed by atoms with Crippen molar-refractivity contribution in [2.24, 2.45) is 0 Å². The van der Waals surface area contributed by atoms with E-state index in [0.29, 0.717) is 6.54 Å². The number of hydrogen-bond acceptors (Lipinski definition) is 3. The number of nitrogens with two attached hydrogens (primary N) is 1. The molecule has 82 valence electrons. The van der Waals surface area contributed by atoms with Crippen molar-refractivity contribution in [3.8, 4) is 0 Å². The Morgan fingerprint density at radius 2 is 1.93 bits per heavy atom. The number of hydrogen-bond donors (Lipinski definition) is 3. The summed E-state index contributed by atoms with van der Waals surface area (Å²) in [5.74, 6) is -0.798. The molecule has 0 aliphatic carbocycles. The van der Waals surface area contributed by atoms with Gasteiger partial charge in [0.1, 0.15) is 0 Å². The van der Waals surface area contributed by atoms with Crippen LogP contribution in [-0.2, 0) is 4.79 Å². The fraction of sp³-hybridized carbons (Fsp3) is 0.364. The quantitative estimate of drug-likeness (QED) is 0.659. The molecule has 0 radical (unpaired) electrons. The van der Waals surface area contributed by atoms with Crippen LogP contribution in [0.2, 0.25) is 0 Å². The standard InChI is InChI=1S/C11H16N2O2/c1-7-5-9(12)6-8(2)11(7)13-4-3-10(14)15/h5-6,13H,3-4,12H2,1-2H3,(H,14,15). The number of carboxylic acid groups (broad SMARTS) is 1. The summed E-state index contributed by atoms with van der Waals surface area (Å²) in [5.41, 5.74) is 9.47. The van der Waals surface area contributed by atoms with E-state index in [4.69, 9.17) is 10.8 Å². The average Bonchev–Trinajstić information content (AvgIpc) is 2.08. The molecule has 0 unspecified atom stereocenters. The number of nitrogen functional groups attached to an aromatic ring is 1. The van der Waals surface area contributed by atoms with Gasteiger partial charge in [-0.2, -0.15) is 0 Å². The Morgan fingerprint density at radius 1 is 1.40 bits per heavy atom. The second kappa shape index (κ2) is 4.68. The van der Waals surface area contributed by atoms with Gasteiger partial charge in [0.2, 0.25) is 0 Å². The maximum atomic E-state index is 10.4. The highest BCUT2D eigenvalue weighted by Crippen LogP contribution is 2.23. The number of aryl methyl sites for hydroxylation is 2. The molecule has 0 atom stereocenters. The fourth-order valence-electron chi connectivity index (χ4n) is 1.57. The maximum absolute atomic E-state index is 10.4. The molecule has 0 aliphatic heterocycles. The number of carboxylic acids is 1. The van der Waals surface area contributed by atoms with Crippen LogP contribution in [0.3, 0.4) is 0 Å². The number of nitrogens with one attached hydrogen (secondary N) is 1. The van der Waals surface area contributed by atoms with Gasteiger partial charge in [0.15, 0.2) is 0 Å². The Labute approximate surface area is 89.1 Å². The molecule has 0 aliphatic rings. The highest BCUT2D eigenvalue weighted by Gasteiger charge is 2.04. The first kappa shape index (κ1) is 11.4. The lowest BCUT2D eigenvalue weighted by Crippen LogP contribution is -2.09. The topological polar surface area (TPSA) is 75.3 Å². The molecular formula is C11H16N2O2. The van der Waals surface area contributed by atoms with E-state index in [1.807, 2.05) is 26.0 Å². The zero-order chi connectivity index (χ0) is 11.4. The Hall–Kier alpha value is -1.71. The van der Waals surface area contributed by atoms with Crippen LogP contribution in [0.25, 0.3) is 0 Å². The van der Waals surface area contributed by atoms with Gasteiger partial charge in [0.05, 0.1) is 6.42 Å². The van der Waals surface area contributed by atoms with Crippen molar-refractivity contribution >= 4 is 17.3 Å². The van der Waals surface area contributed by atoms with Crippen molar-refractivity contribution in [2.75, 3.05) is 17.6 Å². The van der Waals surface area contributed by atoms with Gasteiger partial charge in [-0.25, -0.2) is 0 Å². The average molecular weight is 208 g/mol. The van der Waals surface area contributed by atoms with Crippen LogP contribution < -0.4 is 11.1 Å². The number of benzene rings is 1. The molecule has 4 N–H and O–H groups in total. The summed E-state index contributed by atoms with van der Waals surface area (Å²) >= 11 is 0. The van der Waals surface area contributed by atoms with Gasteiger partial charge < -0.3 is 16.2 Å². The third-order valence-corrected chi connectivity index (χ3v) is 2.20. The van der Waals surface area contributed by atoms with E-state index in [1.54, 1.807) is 0 Å². The first-order chi connectivity index (χ1) is 7.00. The number of anilines is 2. The van der Waals surface area contributed by atoms with Crippen LogP contribution in [0.5, 0.6) is 0 Å². The van der Waals surface area contributed by atoms with Gasteiger partial charge in [-0.05, 0) is 37.1 Å². The summed E-state index contributed by atoms with van der Waals surface area (Å²) in [5, 5.41) is 11.6. The van der Waals surface area contributed by atoms with E-state index < -0.39 is 5.97 Å². The van der Waals surface area contributed by atoms with Crippen molar-refractivity contribution in [3.05, 3.63) is 23.3 Å². The van der Waals surface area contributed by atoms with Gasteiger partial charge in [0, 0.05) is 17.9 Å². The molecule has 0 fully saturated rings. The molecule has 0 heterocycles. The fourth-order valence-corrected chi connectivity index (χ4v) is 1.57. The van der Waals surface area contributed by atoms with Gasteiger partial charge in [0.25, 0.3) is 0 Å². The van der Waals surface area contributed by atoms with Crippen molar-refractivity contribution in [1.29, 1.82) is 0 Å². The Morgan fingerprint density at radius 3 is 2.40 bits per heavy atom. The Bertz CT molecular complexity index is 352. The van der Waals surface area contributed by atoms with Gasteiger partial charge in [-0.3, -0.25) is 4.79 Å². The van der Waals surface area contributed by atoms with Crippen LogP contribution in [0.1, 0.15) is 17.5 Å². The predicted molar refractivity (Wildman–Crippen MR) is 61.1 cm³/mol. The van der Waals surface area contributed by atoms with E-state index in [1.165, 1.54) is 0 Å². The molecule has 15 heavy (non-hydrogen) atoms. The molecule has 0 saturated heterocycles. The molecule has 1 aromatic rings. The monoisotopic (exact) mass is 208 g/mol. The highest BCUT2D eigenvalue weighted by atomic mass is 16.4. The third-order valence-electron chi connectivity index (χ3n) is 2.20. The maximum Gasteiger partial charge on any atom is 0.305 e. The molecule has 0 amide bonds. The van der Waals surface area contributed by atoms with E-state index in [9.17, 15) is 4.79 Å². The molecule has 4 heteroatoms. The molecule has 0 bridgehead atoms. The summed E-state index contributed by atoms with van der Waals surface area (Å²) in [6, 6.07) is 3.74. The minimum Gasteiger partial charge on any atom is -0.481 e. The normalized spacial score (nSPS) is 10.0. The van der Waals surface area contributed by atoms with Crippen molar-refractivity contribution in [2.45, 2.75) is 20.3 Å². The molecule has 0 saturated carbocycles. The van der Waals surface area contributed by atoms with Crippen molar-refractivity contribution < 1.29 is 9.90 Å². The summed E-state index contributed by atoms with van der Waals surface area (Å²) < 4.78 is 0. The largest absolute Gasteiger partial charge is 0.481 e. The molecule has 0 aromatic heterocycles. The summed E-state index contributed by atoms with van der Waals surface area (Å²) in [7, 11) is 0. The minimum absolute atomic E-state index is 0.114. The smallest absolute Gasteiger partial charge is 0.305 e. The second-order valence-corrected chi connectivity index (χ2v) is 3.60. The van der Waals surface area contributed by atoms with Crippen molar-refractivity contribution in [1.82, 2.24) is 0 Å². The molecule has 1 rings (SSSR count). The summed E-state index contributed by atoms with van der Waals surface area (Å²) in [6.07, 6.45) is 0.114.